The number of esters is 1. The fraction of sp³-hybridized carbons (Fsp3) is 0.458. The summed E-state index contributed by atoms with van der Waals surface area (Å²) in [6, 6.07) is 13.4. The number of aromatic nitrogens is 3. The van der Waals surface area contributed by atoms with Crippen molar-refractivity contribution in [1.82, 2.24) is 19.1 Å². The summed E-state index contributed by atoms with van der Waals surface area (Å²) in [5, 5.41) is 5.18. The Morgan fingerprint density at radius 1 is 1.09 bits per heavy atom. The molecule has 3 heterocycles. The van der Waals surface area contributed by atoms with E-state index in [-0.39, 0.29) is 30.1 Å². The number of carbonyl (C=O) groups is 1. The van der Waals surface area contributed by atoms with Crippen molar-refractivity contribution in [3.8, 4) is 0 Å². The molecule has 0 radical (unpaired) electrons. The predicted octanol–water partition coefficient (Wildman–Crippen LogP) is 2.93. The van der Waals surface area contributed by atoms with Gasteiger partial charge in [-0.05, 0) is 44.2 Å². The molecule has 8 nitrogen and oxygen atoms in total. The molecule has 0 spiro atoms. The SMILES string of the molecule is CC(C)OC(=O)CC(CN1CCN(c2cccc(Cl)c2)CC1)Cn1nc2ccccn2c1=O. The van der Waals surface area contributed by atoms with E-state index < -0.39 is 0 Å². The maximum atomic E-state index is 12.8. The monoisotopic (exact) mass is 471 g/mol. The number of fused-ring (bicyclic) bond motifs is 1. The average Bonchev–Trinajstić information content (AvgIpc) is 3.09. The molecule has 1 atom stereocenters. The Bertz CT molecular complexity index is 1150. The normalized spacial score (nSPS) is 15.8. The second kappa shape index (κ2) is 10.4. The molecule has 1 fully saturated rings. The van der Waals surface area contributed by atoms with E-state index in [9.17, 15) is 9.59 Å². The summed E-state index contributed by atoms with van der Waals surface area (Å²) < 4.78 is 8.38. The fourth-order valence-corrected chi connectivity index (χ4v) is 4.48. The first-order chi connectivity index (χ1) is 15.9. The van der Waals surface area contributed by atoms with Crippen molar-refractivity contribution in [2.24, 2.45) is 5.92 Å². The Morgan fingerprint density at radius 3 is 2.58 bits per heavy atom. The van der Waals surface area contributed by atoms with E-state index in [1.165, 1.54) is 9.08 Å². The first-order valence-corrected chi connectivity index (χ1v) is 11.7. The van der Waals surface area contributed by atoms with Gasteiger partial charge < -0.3 is 9.64 Å². The van der Waals surface area contributed by atoms with Crippen LogP contribution in [0.4, 0.5) is 5.69 Å². The highest BCUT2D eigenvalue weighted by molar-refractivity contribution is 6.30. The van der Waals surface area contributed by atoms with Gasteiger partial charge in [-0.25, -0.2) is 9.48 Å². The maximum absolute atomic E-state index is 12.8. The zero-order valence-electron chi connectivity index (χ0n) is 19.1. The van der Waals surface area contributed by atoms with Gasteiger partial charge in [0.05, 0.1) is 19.1 Å². The Kier molecular flexibility index (Phi) is 7.35. The largest absolute Gasteiger partial charge is 0.463 e. The van der Waals surface area contributed by atoms with E-state index in [1.807, 2.05) is 38.1 Å². The number of benzene rings is 1. The number of hydrogen-bond acceptors (Lipinski definition) is 6. The summed E-state index contributed by atoms with van der Waals surface area (Å²) in [6.45, 7) is 8.21. The molecular weight excluding hydrogens is 442 g/mol. The smallest absolute Gasteiger partial charge is 0.350 e. The van der Waals surface area contributed by atoms with Crippen molar-refractivity contribution >= 4 is 28.9 Å². The highest BCUT2D eigenvalue weighted by Crippen LogP contribution is 2.21. The highest BCUT2D eigenvalue weighted by atomic mass is 35.5. The van der Waals surface area contributed by atoms with E-state index in [2.05, 4.69) is 21.0 Å². The lowest BCUT2D eigenvalue weighted by Gasteiger charge is -2.37. The van der Waals surface area contributed by atoms with Gasteiger partial charge in [0.2, 0.25) is 0 Å². The van der Waals surface area contributed by atoms with Crippen LogP contribution in [0.5, 0.6) is 0 Å². The van der Waals surface area contributed by atoms with Crippen molar-refractivity contribution < 1.29 is 9.53 Å². The average molecular weight is 472 g/mol. The number of hydrogen-bond donors (Lipinski definition) is 0. The van der Waals surface area contributed by atoms with Crippen LogP contribution in [-0.2, 0) is 16.1 Å². The lowest BCUT2D eigenvalue weighted by molar-refractivity contribution is -0.148. The van der Waals surface area contributed by atoms with Crippen LogP contribution >= 0.6 is 11.6 Å². The minimum Gasteiger partial charge on any atom is -0.463 e. The van der Waals surface area contributed by atoms with Crippen molar-refractivity contribution in [2.75, 3.05) is 37.6 Å². The molecule has 1 unspecified atom stereocenters. The lowest BCUT2D eigenvalue weighted by Crippen LogP contribution is -2.48. The van der Waals surface area contributed by atoms with Gasteiger partial charge in [-0.2, -0.15) is 0 Å². The molecule has 2 aromatic heterocycles. The molecule has 0 aliphatic carbocycles. The highest BCUT2D eigenvalue weighted by Gasteiger charge is 2.24. The molecule has 176 valence electrons. The predicted molar refractivity (Wildman–Crippen MR) is 129 cm³/mol. The molecule has 0 N–H and O–H groups in total. The summed E-state index contributed by atoms with van der Waals surface area (Å²) in [5.74, 6) is -0.332. The molecule has 0 bridgehead atoms. The summed E-state index contributed by atoms with van der Waals surface area (Å²) in [5.41, 5.74) is 1.52. The fourth-order valence-electron chi connectivity index (χ4n) is 4.29. The van der Waals surface area contributed by atoms with Gasteiger partial charge in [0.15, 0.2) is 5.65 Å². The van der Waals surface area contributed by atoms with E-state index >= 15 is 0 Å². The van der Waals surface area contributed by atoms with Crippen LogP contribution in [0.3, 0.4) is 0 Å². The second-order valence-corrected chi connectivity index (χ2v) is 9.21. The molecule has 1 aromatic carbocycles. The van der Waals surface area contributed by atoms with Gasteiger partial charge in [0, 0.05) is 55.5 Å². The van der Waals surface area contributed by atoms with Gasteiger partial charge in [-0.3, -0.25) is 14.1 Å². The zero-order chi connectivity index (χ0) is 23.4. The van der Waals surface area contributed by atoms with Crippen molar-refractivity contribution in [3.63, 3.8) is 0 Å². The number of halogens is 1. The minimum atomic E-state index is -0.246. The van der Waals surface area contributed by atoms with Crippen LogP contribution in [-0.4, -0.2) is 63.9 Å². The molecular formula is C24H30ClN5O3. The Labute approximate surface area is 198 Å². The van der Waals surface area contributed by atoms with Gasteiger partial charge in [0.1, 0.15) is 0 Å². The van der Waals surface area contributed by atoms with E-state index in [1.54, 1.807) is 18.3 Å². The van der Waals surface area contributed by atoms with E-state index in [0.29, 0.717) is 18.7 Å². The van der Waals surface area contributed by atoms with Crippen LogP contribution in [0, 0.1) is 5.92 Å². The van der Waals surface area contributed by atoms with Crippen LogP contribution in [0.1, 0.15) is 20.3 Å². The van der Waals surface area contributed by atoms with Gasteiger partial charge in [-0.1, -0.05) is 23.7 Å². The first-order valence-electron chi connectivity index (χ1n) is 11.4. The molecule has 1 aliphatic heterocycles. The molecule has 1 aliphatic rings. The second-order valence-electron chi connectivity index (χ2n) is 8.77. The molecule has 0 saturated carbocycles. The Hall–Kier alpha value is -2.84. The van der Waals surface area contributed by atoms with Crippen molar-refractivity contribution in [3.05, 3.63) is 64.2 Å². The molecule has 33 heavy (non-hydrogen) atoms. The van der Waals surface area contributed by atoms with Crippen molar-refractivity contribution in [1.29, 1.82) is 0 Å². The van der Waals surface area contributed by atoms with E-state index in [4.69, 9.17) is 16.3 Å². The molecule has 4 rings (SSSR count). The number of ether oxygens (including phenoxy) is 1. The number of rotatable bonds is 8. The number of pyridine rings is 1. The van der Waals surface area contributed by atoms with Gasteiger partial charge >= 0.3 is 11.7 Å². The Balaban J connectivity index is 1.44. The lowest BCUT2D eigenvalue weighted by atomic mass is 10.0. The van der Waals surface area contributed by atoms with Crippen LogP contribution in [0.15, 0.2) is 53.5 Å². The molecule has 3 aromatic rings. The van der Waals surface area contributed by atoms with E-state index in [0.717, 1.165) is 36.9 Å². The molecule has 9 heteroatoms. The standard InChI is InChI=1S/C24H30ClN5O3/c1-18(2)33-23(31)14-19(17-30-24(32)29-9-4-3-8-22(29)26-30)16-27-10-12-28(13-11-27)21-7-5-6-20(25)15-21/h3-9,15,18-19H,10-14,16-17H2,1-2H3. The zero-order valence-corrected chi connectivity index (χ0v) is 19.8. The quantitative estimate of drug-likeness (QED) is 0.470. The summed E-state index contributed by atoms with van der Waals surface area (Å²) in [7, 11) is 0. The van der Waals surface area contributed by atoms with Crippen molar-refractivity contribution in [2.45, 2.75) is 32.9 Å². The van der Waals surface area contributed by atoms with Crippen LogP contribution in [0.2, 0.25) is 5.02 Å². The molecule has 1 saturated heterocycles. The summed E-state index contributed by atoms with van der Waals surface area (Å²) >= 11 is 6.15. The minimum absolute atomic E-state index is 0.0865. The topological polar surface area (TPSA) is 72.1 Å². The summed E-state index contributed by atoms with van der Waals surface area (Å²) in [6.07, 6.45) is 1.78. The summed E-state index contributed by atoms with van der Waals surface area (Å²) in [4.78, 5) is 29.9. The number of piperazine rings is 1. The first kappa shape index (κ1) is 23.3. The van der Waals surface area contributed by atoms with Crippen LogP contribution < -0.4 is 10.6 Å². The number of nitrogens with zero attached hydrogens (tertiary/aromatic N) is 5. The molecule has 0 amide bonds. The third-order valence-corrected chi connectivity index (χ3v) is 6.04. The number of anilines is 1. The third-order valence-electron chi connectivity index (χ3n) is 5.80. The van der Waals surface area contributed by atoms with Gasteiger partial charge in [-0.15, -0.1) is 5.10 Å². The number of carbonyl (C=O) groups excluding carboxylic acids is 1. The van der Waals surface area contributed by atoms with Crippen LogP contribution in [0.25, 0.3) is 5.65 Å². The third kappa shape index (κ3) is 5.94. The Morgan fingerprint density at radius 2 is 1.88 bits per heavy atom. The van der Waals surface area contributed by atoms with Gasteiger partial charge in [0.25, 0.3) is 0 Å². The maximum Gasteiger partial charge on any atom is 0.350 e.